The molecule has 4 rings (SSSR count). The molecule has 2 aromatic heterocycles. The maximum atomic E-state index is 12.3. The molecule has 1 aliphatic heterocycles. The zero-order valence-corrected chi connectivity index (χ0v) is 18.6. The molecule has 3 heterocycles. The molecule has 6 nitrogen and oxygen atoms in total. The standard InChI is InChI=1S/C19H20BrN5OS2/c1-12-3-2-8-25(9-12)19-24-17-16(28-19)18(22-11-21-17)27-10-15(26)23-14-6-4-13(20)5-7-14/h4-7,11-12H,2-3,8-10H2,1H3,(H,23,26)/t12-/m0/s1. The number of thioether (sulfide) groups is 1. The van der Waals surface area contributed by atoms with Crippen molar-refractivity contribution in [2.45, 2.75) is 24.8 Å². The highest BCUT2D eigenvalue weighted by Crippen LogP contribution is 2.35. The van der Waals surface area contributed by atoms with E-state index >= 15 is 0 Å². The van der Waals surface area contributed by atoms with Crippen molar-refractivity contribution in [2.75, 3.05) is 29.1 Å². The second-order valence-electron chi connectivity index (χ2n) is 6.87. The van der Waals surface area contributed by atoms with Gasteiger partial charge in [-0.15, -0.1) is 0 Å². The molecule has 1 atom stereocenters. The molecule has 0 saturated carbocycles. The van der Waals surface area contributed by atoms with E-state index in [1.54, 1.807) is 11.3 Å². The summed E-state index contributed by atoms with van der Waals surface area (Å²) >= 11 is 6.43. The van der Waals surface area contributed by atoms with Crippen LogP contribution in [0.15, 0.2) is 40.1 Å². The van der Waals surface area contributed by atoms with E-state index in [0.717, 1.165) is 38.1 Å². The first-order valence-electron chi connectivity index (χ1n) is 9.13. The van der Waals surface area contributed by atoms with Gasteiger partial charge in [0.2, 0.25) is 5.91 Å². The summed E-state index contributed by atoms with van der Waals surface area (Å²) in [6, 6.07) is 7.53. The summed E-state index contributed by atoms with van der Waals surface area (Å²) in [5.41, 5.74) is 1.49. The predicted octanol–water partition coefficient (Wildman–Crippen LogP) is 4.82. The molecule has 0 bridgehead atoms. The number of carbonyl (C=O) groups is 1. The molecule has 1 N–H and O–H groups in total. The van der Waals surface area contributed by atoms with Crippen LogP contribution in [0.1, 0.15) is 19.8 Å². The molecule has 28 heavy (non-hydrogen) atoms. The smallest absolute Gasteiger partial charge is 0.234 e. The Balaban J connectivity index is 1.44. The van der Waals surface area contributed by atoms with Crippen LogP contribution in [-0.4, -0.2) is 39.7 Å². The molecule has 146 valence electrons. The molecule has 1 aliphatic rings. The minimum absolute atomic E-state index is 0.0614. The lowest BCUT2D eigenvalue weighted by Gasteiger charge is -2.30. The highest BCUT2D eigenvalue weighted by molar-refractivity contribution is 9.10. The van der Waals surface area contributed by atoms with Gasteiger partial charge in [-0.3, -0.25) is 4.79 Å². The van der Waals surface area contributed by atoms with Crippen LogP contribution >= 0.6 is 39.0 Å². The lowest BCUT2D eigenvalue weighted by Crippen LogP contribution is -2.34. The number of hydrogen-bond donors (Lipinski definition) is 1. The van der Waals surface area contributed by atoms with E-state index < -0.39 is 0 Å². The zero-order valence-electron chi connectivity index (χ0n) is 15.4. The maximum absolute atomic E-state index is 12.3. The lowest BCUT2D eigenvalue weighted by molar-refractivity contribution is -0.113. The van der Waals surface area contributed by atoms with Gasteiger partial charge in [-0.1, -0.05) is 46.0 Å². The fourth-order valence-electron chi connectivity index (χ4n) is 3.19. The van der Waals surface area contributed by atoms with E-state index in [4.69, 9.17) is 4.98 Å². The first-order chi connectivity index (χ1) is 13.6. The van der Waals surface area contributed by atoms with Crippen molar-refractivity contribution in [1.82, 2.24) is 15.0 Å². The Labute approximate surface area is 180 Å². The van der Waals surface area contributed by atoms with Crippen LogP contribution in [0.25, 0.3) is 10.3 Å². The van der Waals surface area contributed by atoms with E-state index in [-0.39, 0.29) is 11.7 Å². The summed E-state index contributed by atoms with van der Waals surface area (Å²) in [4.78, 5) is 28.1. The molecule has 9 heteroatoms. The highest BCUT2D eigenvalue weighted by atomic mass is 79.9. The summed E-state index contributed by atoms with van der Waals surface area (Å²) in [6.45, 7) is 4.35. The highest BCUT2D eigenvalue weighted by Gasteiger charge is 2.21. The summed E-state index contributed by atoms with van der Waals surface area (Å²) in [7, 11) is 0. The topological polar surface area (TPSA) is 71.0 Å². The number of benzene rings is 1. The van der Waals surface area contributed by atoms with Crippen molar-refractivity contribution >= 4 is 66.1 Å². The minimum Gasteiger partial charge on any atom is -0.348 e. The van der Waals surface area contributed by atoms with Gasteiger partial charge >= 0.3 is 0 Å². The third kappa shape index (κ3) is 4.64. The molecule has 0 aliphatic carbocycles. The fourth-order valence-corrected chi connectivity index (χ4v) is 5.38. The molecule has 3 aromatic rings. The Kier molecular flexibility index (Phi) is 6.13. The summed E-state index contributed by atoms with van der Waals surface area (Å²) in [6.07, 6.45) is 4.00. The van der Waals surface area contributed by atoms with Crippen molar-refractivity contribution in [3.8, 4) is 0 Å². The minimum atomic E-state index is -0.0614. The van der Waals surface area contributed by atoms with Crippen LogP contribution in [0.5, 0.6) is 0 Å². The number of halogens is 1. The van der Waals surface area contributed by atoms with Crippen LogP contribution in [0.2, 0.25) is 0 Å². The molecule has 0 radical (unpaired) electrons. The van der Waals surface area contributed by atoms with Gasteiger partial charge in [0, 0.05) is 23.2 Å². The average Bonchev–Trinajstić information content (AvgIpc) is 3.13. The number of aromatic nitrogens is 3. The predicted molar refractivity (Wildman–Crippen MR) is 119 cm³/mol. The number of amides is 1. The van der Waals surface area contributed by atoms with Gasteiger partial charge in [-0.05, 0) is 43.0 Å². The van der Waals surface area contributed by atoms with Gasteiger partial charge in [0.1, 0.15) is 16.1 Å². The number of piperidine rings is 1. The van der Waals surface area contributed by atoms with E-state index in [2.05, 4.69) is 43.0 Å². The SMILES string of the molecule is C[C@H]1CCCN(c2nc3ncnc(SCC(=O)Nc4ccc(Br)cc4)c3s2)C1. The molecular formula is C19H20BrN5OS2. The Bertz CT molecular complexity index is 978. The van der Waals surface area contributed by atoms with Crippen molar-refractivity contribution in [1.29, 1.82) is 0 Å². The van der Waals surface area contributed by atoms with E-state index in [0.29, 0.717) is 11.6 Å². The van der Waals surface area contributed by atoms with Gasteiger partial charge in [0.05, 0.1) is 5.75 Å². The van der Waals surface area contributed by atoms with E-state index in [1.165, 1.54) is 30.9 Å². The van der Waals surface area contributed by atoms with Gasteiger partial charge in [-0.25, -0.2) is 9.97 Å². The largest absolute Gasteiger partial charge is 0.348 e. The number of nitrogens with one attached hydrogen (secondary N) is 1. The quantitative estimate of drug-likeness (QED) is 0.419. The van der Waals surface area contributed by atoms with Gasteiger partial charge in [-0.2, -0.15) is 4.98 Å². The number of anilines is 2. The third-order valence-corrected chi connectivity index (χ3v) is 7.30. The molecule has 1 aromatic carbocycles. The number of hydrogen-bond acceptors (Lipinski definition) is 7. The van der Waals surface area contributed by atoms with E-state index in [9.17, 15) is 4.79 Å². The number of rotatable bonds is 5. The van der Waals surface area contributed by atoms with Crippen LogP contribution in [0.4, 0.5) is 10.8 Å². The van der Waals surface area contributed by atoms with Crippen LogP contribution in [0, 0.1) is 5.92 Å². The fraction of sp³-hybridized carbons (Fsp3) is 0.368. The zero-order chi connectivity index (χ0) is 19.5. The molecule has 1 amide bonds. The first kappa shape index (κ1) is 19.6. The van der Waals surface area contributed by atoms with Crippen LogP contribution in [0.3, 0.4) is 0 Å². The van der Waals surface area contributed by atoms with Gasteiger partial charge in [0.15, 0.2) is 10.8 Å². The van der Waals surface area contributed by atoms with E-state index in [1.807, 2.05) is 24.3 Å². The Morgan fingerprint density at radius 1 is 1.36 bits per heavy atom. The number of thiazole rings is 1. The normalized spacial score (nSPS) is 17.1. The first-order valence-corrected chi connectivity index (χ1v) is 11.7. The number of carbonyl (C=O) groups excluding carboxylic acids is 1. The van der Waals surface area contributed by atoms with Crippen LogP contribution < -0.4 is 10.2 Å². The second-order valence-corrected chi connectivity index (χ2v) is 9.72. The molecular weight excluding hydrogens is 458 g/mol. The maximum Gasteiger partial charge on any atom is 0.234 e. The van der Waals surface area contributed by atoms with Crippen LogP contribution in [-0.2, 0) is 4.79 Å². The second kappa shape index (κ2) is 8.75. The Hall–Kier alpha value is -1.71. The molecule has 0 spiro atoms. The third-order valence-electron chi connectivity index (χ3n) is 4.54. The molecule has 0 unspecified atom stereocenters. The molecule has 1 saturated heterocycles. The number of fused-ring (bicyclic) bond motifs is 1. The summed E-state index contributed by atoms with van der Waals surface area (Å²) in [5.74, 6) is 0.910. The van der Waals surface area contributed by atoms with Gasteiger partial charge < -0.3 is 10.2 Å². The summed E-state index contributed by atoms with van der Waals surface area (Å²) in [5, 5.41) is 4.72. The molecule has 1 fully saturated rings. The number of nitrogens with zero attached hydrogens (tertiary/aromatic N) is 4. The Morgan fingerprint density at radius 3 is 2.96 bits per heavy atom. The Morgan fingerprint density at radius 2 is 2.18 bits per heavy atom. The van der Waals surface area contributed by atoms with Crippen molar-refractivity contribution in [3.05, 3.63) is 35.1 Å². The van der Waals surface area contributed by atoms with Gasteiger partial charge in [0.25, 0.3) is 0 Å². The summed E-state index contributed by atoms with van der Waals surface area (Å²) < 4.78 is 1.93. The van der Waals surface area contributed by atoms with Crippen molar-refractivity contribution in [3.63, 3.8) is 0 Å². The lowest BCUT2D eigenvalue weighted by atomic mass is 10.0. The van der Waals surface area contributed by atoms with Crippen molar-refractivity contribution in [2.24, 2.45) is 5.92 Å². The van der Waals surface area contributed by atoms with Crippen molar-refractivity contribution < 1.29 is 4.79 Å². The average molecular weight is 478 g/mol. The monoisotopic (exact) mass is 477 g/mol.